The highest BCUT2D eigenvalue weighted by Crippen LogP contribution is 2.47. The molecule has 2 fully saturated rings. The zero-order valence-corrected chi connectivity index (χ0v) is 13.5. The molecule has 2 aliphatic rings. The van der Waals surface area contributed by atoms with Gasteiger partial charge in [0.15, 0.2) is 0 Å². The van der Waals surface area contributed by atoms with Gasteiger partial charge < -0.3 is 9.73 Å². The maximum Gasteiger partial charge on any atom is 0.127 e. The van der Waals surface area contributed by atoms with Crippen molar-refractivity contribution >= 4 is 6.08 Å². The van der Waals surface area contributed by atoms with Crippen LogP contribution in [0, 0.1) is 11.8 Å². The third-order valence-corrected chi connectivity index (χ3v) is 5.16. The van der Waals surface area contributed by atoms with E-state index in [0.717, 1.165) is 30.7 Å². The minimum Gasteiger partial charge on any atom is -0.461 e. The molecule has 1 aromatic rings. The third kappa shape index (κ3) is 3.79. The zero-order chi connectivity index (χ0) is 14.7. The van der Waals surface area contributed by atoms with Crippen molar-refractivity contribution in [1.82, 2.24) is 5.32 Å². The van der Waals surface area contributed by atoms with Crippen LogP contribution in [0.2, 0.25) is 0 Å². The van der Waals surface area contributed by atoms with Gasteiger partial charge >= 0.3 is 0 Å². The summed E-state index contributed by atoms with van der Waals surface area (Å²) in [7, 11) is 0. The Kier molecular flexibility index (Phi) is 4.84. The molecule has 0 aromatic carbocycles. The van der Waals surface area contributed by atoms with Gasteiger partial charge in [-0.1, -0.05) is 33.1 Å². The van der Waals surface area contributed by atoms with E-state index < -0.39 is 0 Å². The lowest BCUT2D eigenvalue weighted by atomic mass is 9.83. The SMILES string of the molecule is CCNC/C(=C/c1ccc(C2CC2C)o1)C1CCCCC1. The largest absolute Gasteiger partial charge is 0.461 e. The summed E-state index contributed by atoms with van der Waals surface area (Å²) in [5.41, 5.74) is 1.54. The fourth-order valence-corrected chi connectivity index (χ4v) is 3.60. The Bertz CT molecular complexity index is 482. The first-order valence-corrected chi connectivity index (χ1v) is 8.79. The number of nitrogens with one attached hydrogen (secondary N) is 1. The second kappa shape index (κ2) is 6.83. The van der Waals surface area contributed by atoms with Gasteiger partial charge in [0, 0.05) is 12.5 Å². The molecule has 1 N–H and O–H groups in total. The second-order valence-electron chi connectivity index (χ2n) is 6.89. The summed E-state index contributed by atoms with van der Waals surface area (Å²) in [6.45, 7) is 6.53. The average Bonchev–Trinajstić information content (AvgIpc) is 3.07. The molecule has 116 valence electrons. The molecule has 1 heterocycles. The van der Waals surface area contributed by atoms with Crippen LogP contribution in [0.1, 0.15) is 69.8 Å². The van der Waals surface area contributed by atoms with Gasteiger partial charge in [0.05, 0.1) is 0 Å². The predicted molar refractivity (Wildman–Crippen MR) is 88.3 cm³/mol. The van der Waals surface area contributed by atoms with Crippen LogP contribution in [-0.2, 0) is 0 Å². The standard InChI is InChI=1S/C19H29NO/c1-3-20-13-16(15-7-5-4-6-8-15)12-17-9-10-19(21-17)18-11-14(18)2/h9-10,12,14-15,18,20H,3-8,11,13H2,1-2H3/b16-12-. The Morgan fingerprint density at radius 2 is 2.05 bits per heavy atom. The minimum absolute atomic E-state index is 0.680. The fourth-order valence-electron chi connectivity index (χ4n) is 3.60. The number of likely N-dealkylation sites (N-methyl/N-ethyl adjacent to an activating group) is 1. The summed E-state index contributed by atoms with van der Waals surface area (Å²) >= 11 is 0. The smallest absolute Gasteiger partial charge is 0.127 e. The topological polar surface area (TPSA) is 25.2 Å². The number of hydrogen-bond donors (Lipinski definition) is 1. The van der Waals surface area contributed by atoms with Crippen LogP contribution in [0.15, 0.2) is 22.1 Å². The monoisotopic (exact) mass is 287 g/mol. The van der Waals surface area contributed by atoms with Gasteiger partial charge in [-0.2, -0.15) is 0 Å². The Hall–Kier alpha value is -1.02. The molecule has 21 heavy (non-hydrogen) atoms. The molecular formula is C19H29NO. The quantitative estimate of drug-likeness (QED) is 0.798. The zero-order valence-electron chi connectivity index (χ0n) is 13.5. The Labute approximate surface area is 129 Å². The third-order valence-electron chi connectivity index (χ3n) is 5.16. The lowest BCUT2D eigenvalue weighted by Crippen LogP contribution is -2.22. The van der Waals surface area contributed by atoms with Gasteiger partial charge in [-0.25, -0.2) is 0 Å². The molecule has 2 heteroatoms. The van der Waals surface area contributed by atoms with Gasteiger partial charge in [-0.15, -0.1) is 0 Å². The fraction of sp³-hybridized carbons (Fsp3) is 0.684. The van der Waals surface area contributed by atoms with Crippen LogP contribution in [0.25, 0.3) is 6.08 Å². The van der Waals surface area contributed by atoms with Gasteiger partial charge in [-0.3, -0.25) is 0 Å². The van der Waals surface area contributed by atoms with Crippen LogP contribution in [-0.4, -0.2) is 13.1 Å². The van der Waals surface area contributed by atoms with Gasteiger partial charge in [0.25, 0.3) is 0 Å². The van der Waals surface area contributed by atoms with Crippen LogP contribution in [0.5, 0.6) is 0 Å². The van der Waals surface area contributed by atoms with E-state index in [1.165, 1.54) is 44.3 Å². The minimum atomic E-state index is 0.680. The lowest BCUT2D eigenvalue weighted by Gasteiger charge is -2.24. The van der Waals surface area contributed by atoms with Crippen molar-refractivity contribution < 1.29 is 4.42 Å². The molecule has 0 radical (unpaired) electrons. The second-order valence-corrected chi connectivity index (χ2v) is 6.89. The highest BCUT2D eigenvalue weighted by molar-refractivity contribution is 5.49. The first kappa shape index (κ1) is 14.9. The molecule has 2 atom stereocenters. The van der Waals surface area contributed by atoms with Crippen LogP contribution in [0.3, 0.4) is 0 Å². The Balaban J connectivity index is 1.72. The van der Waals surface area contributed by atoms with E-state index in [0.29, 0.717) is 5.92 Å². The molecule has 2 nitrogen and oxygen atoms in total. The molecule has 0 bridgehead atoms. The van der Waals surface area contributed by atoms with E-state index in [9.17, 15) is 0 Å². The average molecular weight is 287 g/mol. The van der Waals surface area contributed by atoms with E-state index in [1.807, 2.05) is 0 Å². The van der Waals surface area contributed by atoms with Gasteiger partial charge in [-0.05, 0) is 61.4 Å². The summed E-state index contributed by atoms with van der Waals surface area (Å²) in [5.74, 6) is 4.50. The molecule has 3 rings (SSSR count). The number of rotatable bonds is 6. The molecule has 0 saturated heterocycles. The summed E-state index contributed by atoms with van der Waals surface area (Å²) in [6, 6.07) is 4.35. The first-order valence-electron chi connectivity index (χ1n) is 8.79. The summed E-state index contributed by atoms with van der Waals surface area (Å²) < 4.78 is 6.08. The van der Waals surface area contributed by atoms with Crippen molar-refractivity contribution in [2.24, 2.45) is 11.8 Å². The molecule has 0 amide bonds. The number of hydrogen-bond acceptors (Lipinski definition) is 2. The molecule has 1 aromatic heterocycles. The Morgan fingerprint density at radius 3 is 2.71 bits per heavy atom. The molecule has 0 spiro atoms. The van der Waals surface area contributed by atoms with Crippen molar-refractivity contribution in [1.29, 1.82) is 0 Å². The normalized spacial score (nSPS) is 27.0. The van der Waals surface area contributed by atoms with Crippen molar-refractivity contribution in [2.45, 2.75) is 58.3 Å². The lowest BCUT2D eigenvalue weighted by molar-refractivity contribution is 0.396. The van der Waals surface area contributed by atoms with Crippen LogP contribution < -0.4 is 5.32 Å². The van der Waals surface area contributed by atoms with Crippen molar-refractivity contribution in [2.75, 3.05) is 13.1 Å². The summed E-state index contributed by atoms with van der Waals surface area (Å²) in [5, 5.41) is 3.50. The van der Waals surface area contributed by atoms with E-state index in [2.05, 4.69) is 37.4 Å². The Morgan fingerprint density at radius 1 is 1.29 bits per heavy atom. The van der Waals surface area contributed by atoms with E-state index in [1.54, 1.807) is 5.57 Å². The highest BCUT2D eigenvalue weighted by Gasteiger charge is 2.36. The van der Waals surface area contributed by atoms with E-state index >= 15 is 0 Å². The van der Waals surface area contributed by atoms with Gasteiger partial charge in [0.2, 0.25) is 0 Å². The van der Waals surface area contributed by atoms with E-state index in [4.69, 9.17) is 4.42 Å². The maximum atomic E-state index is 6.08. The predicted octanol–water partition coefficient (Wildman–Crippen LogP) is 4.98. The molecule has 2 saturated carbocycles. The van der Waals surface area contributed by atoms with Crippen LogP contribution in [0.4, 0.5) is 0 Å². The maximum absolute atomic E-state index is 6.08. The first-order chi connectivity index (χ1) is 10.3. The van der Waals surface area contributed by atoms with Crippen molar-refractivity contribution in [3.8, 4) is 0 Å². The highest BCUT2D eigenvalue weighted by atomic mass is 16.3. The molecular weight excluding hydrogens is 258 g/mol. The van der Waals surface area contributed by atoms with Crippen molar-refractivity contribution in [3.63, 3.8) is 0 Å². The van der Waals surface area contributed by atoms with Crippen molar-refractivity contribution in [3.05, 3.63) is 29.2 Å². The van der Waals surface area contributed by atoms with E-state index in [-0.39, 0.29) is 0 Å². The van der Waals surface area contributed by atoms with Crippen LogP contribution >= 0.6 is 0 Å². The molecule has 2 unspecified atom stereocenters. The molecule has 0 aliphatic heterocycles. The number of furan rings is 1. The molecule has 2 aliphatic carbocycles. The van der Waals surface area contributed by atoms with Gasteiger partial charge in [0.1, 0.15) is 11.5 Å². The summed E-state index contributed by atoms with van der Waals surface area (Å²) in [4.78, 5) is 0. The summed E-state index contributed by atoms with van der Waals surface area (Å²) in [6.07, 6.45) is 10.5.